The molecule has 0 saturated heterocycles. The highest BCUT2D eigenvalue weighted by Crippen LogP contribution is 2.36. The van der Waals surface area contributed by atoms with Crippen LogP contribution in [0.15, 0.2) is 94.2 Å². The van der Waals surface area contributed by atoms with Crippen LogP contribution >= 0.6 is 11.3 Å². The van der Waals surface area contributed by atoms with Crippen LogP contribution < -0.4 is 19.6 Å². The zero-order valence-electron chi connectivity index (χ0n) is 22.3. The maximum atomic E-state index is 14.2. The standard InChI is InChI=1S/C32H27N3O4S/c1-4-39-31(37)27-28(20-11-6-5-7-12-20)34-32-35(29(27)21-13-10-14-22(17-21)38-3)30(36)26(40-32)18-24-19(2)33-25-16-9-8-15-23(24)25/h5-18,29,33H,4H2,1-3H3/b26-18-/t29-/m0/s1. The number of methoxy groups -OCH3 is 1. The number of hydrogen-bond donors (Lipinski definition) is 1. The molecule has 0 aliphatic carbocycles. The summed E-state index contributed by atoms with van der Waals surface area (Å²) in [5, 5.41) is 1.03. The minimum Gasteiger partial charge on any atom is -0.497 e. The van der Waals surface area contributed by atoms with E-state index >= 15 is 0 Å². The van der Waals surface area contributed by atoms with E-state index in [1.165, 1.54) is 11.3 Å². The third-order valence-electron chi connectivity index (χ3n) is 7.00. The Morgan fingerprint density at radius 3 is 2.62 bits per heavy atom. The highest BCUT2D eigenvalue weighted by Gasteiger charge is 2.35. The molecule has 3 aromatic carbocycles. The third kappa shape index (κ3) is 4.36. The number of nitrogens with one attached hydrogen (secondary N) is 1. The third-order valence-corrected chi connectivity index (χ3v) is 7.99. The molecule has 0 spiro atoms. The van der Waals surface area contributed by atoms with Crippen LogP contribution in [0.25, 0.3) is 22.7 Å². The number of rotatable bonds is 6. The number of esters is 1. The van der Waals surface area contributed by atoms with Crippen molar-refractivity contribution in [1.29, 1.82) is 0 Å². The molecule has 40 heavy (non-hydrogen) atoms. The molecule has 0 fully saturated rings. The Morgan fingerprint density at radius 1 is 1.07 bits per heavy atom. The number of hydrogen-bond acceptors (Lipinski definition) is 6. The van der Waals surface area contributed by atoms with E-state index in [9.17, 15) is 9.59 Å². The molecule has 1 aliphatic rings. The fourth-order valence-electron chi connectivity index (χ4n) is 5.18. The second-order valence-corrected chi connectivity index (χ2v) is 10.4. The SMILES string of the molecule is CCOC(=O)C1=C(c2ccccc2)N=c2s/c(=C\c3c(C)[nH]c4ccccc34)c(=O)n2[C@H]1c1cccc(OC)c1. The first-order valence-electron chi connectivity index (χ1n) is 13.0. The molecule has 3 heterocycles. The van der Waals surface area contributed by atoms with Crippen molar-refractivity contribution in [3.63, 3.8) is 0 Å². The number of carbonyl (C=O) groups is 1. The fraction of sp³-hybridized carbons (Fsp3) is 0.156. The summed E-state index contributed by atoms with van der Waals surface area (Å²) in [6.45, 7) is 3.95. The minimum absolute atomic E-state index is 0.194. The molecule has 0 saturated carbocycles. The molecule has 0 amide bonds. The topological polar surface area (TPSA) is 85.7 Å². The predicted octanol–water partition coefficient (Wildman–Crippen LogP) is 4.73. The van der Waals surface area contributed by atoms with E-state index in [-0.39, 0.29) is 12.2 Å². The van der Waals surface area contributed by atoms with Gasteiger partial charge in [0.05, 0.1) is 35.6 Å². The summed E-state index contributed by atoms with van der Waals surface area (Å²) in [6, 6.07) is 24.2. The molecular formula is C32H27N3O4S. The van der Waals surface area contributed by atoms with Crippen LogP contribution in [0.1, 0.15) is 35.3 Å². The Bertz CT molecular complexity index is 1960. The molecule has 7 nitrogen and oxygen atoms in total. The quantitative estimate of drug-likeness (QED) is 0.310. The number of nitrogens with zero attached hydrogens (tertiary/aromatic N) is 2. The second-order valence-electron chi connectivity index (χ2n) is 9.42. The minimum atomic E-state index is -0.758. The summed E-state index contributed by atoms with van der Waals surface area (Å²) in [5.74, 6) is 0.107. The first-order valence-corrected chi connectivity index (χ1v) is 13.8. The average Bonchev–Trinajstić information content (AvgIpc) is 3.47. The van der Waals surface area contributed by atoms with Gasteiger partial charge in [-0.15, -0.1) is 0 Å². The van der Waals surface area contributed by atoms with Crippen molar-refractivity contribution < 1.29 is 14.3 Å². The number of aryl methyl sites for hydroxylation is 1. The van der Waals surface area contributed by atoms with Crippen LogP contribution in [0.3, 0.4) is 0 Å². The average molecular weight is 550 g/mol. The Hall–Kier alpha value is -4.69. The summed E-state index contributed by atoms with van der Waals surface area (Å²) >= 11 is 1.31. The highest BCUT2D eigenvalue weighted by atomic mass is 32.1. The van der Waals surface area contributed by atoms with Crippen molar-refractivity contribution in [3.8, 4) is 5.75 Å². The fourth-order valence-corrected chi connectivity index (χ4v) is 6.17. The number of H-pyrrole nitrogens is 1. The molecule has 1 aliphatic heterocycles. The number of ether oxygens (including phenoxy) is 2. The van der Waals surface area contributed by atoms with E-state index in [1.54, 1.807) is 18.6 Å². The predicted molar refractivity (Wildman–Crippen MR) is 157 cm³/mol. The lowest BCUT2D eigenvalue weighted by Gasteiger charge is -2.26. The first kappa shape index (κ1) is 25.6. The van der Waals surface area contributed by atoms with Gasteiger partial charge >= 0.3 is 5.97 Å². The van der Waals surface area contributed by atoms with Crippen LogP contribution in [0.2, 0.25) is 0 Å². The van der Waals surface area contributed by atoms with Gasteiger partial charge < -0.3 is 14.5 Å². The molecular weight excluding hydrogens is 522 g/mol. The maximum Gasteiger partial charge on any atom is 0.338 e. The number of para-hydroxylation sites is 1. The summed E-state index contributed by atoms with van der Waals surface area (Å²) < 4.78 is 13.2. The van der Waals surface area contributed by atoms with Crippen molar-refractivity contribution in [2.24, 2.45) is 4.99 Å². The van der Waals surface area contributed by atoms with Gasteiger partial charge in [0.1, 0.15) is 5.75 Å². The number of aromatic amines is 1. The maximum absolute atomic E-state index is 14.2. The Balaban J connectivity index is 1.67. The molecule has 0 radical (unpaired) electrons. The Morgan fingerprint density at radius 2 is 1.85 bits per heavy atom. The number of thiazole rings is 1. The van der Waals surface area contributed by atoms with E-state index in [2.05, 4.69) is 4.98 Å². The molecule has 5 aromatic rings. The molecule has 6 rings (SSSR count). The van der Waals surface area contributed by atoms with E-state index in [4.69, 9.17) is 14.5 Å². The second kappa shape index (κ2) is 10.5. The number of aromatic nitrogens is 2. The van der Waals surface area contributed by atoms with Crippen LogP contribution in [-0.2, 0) is 9.53 Å². The van der Waals surface area contributed by atoms with E-state index in [1.807, 2.05) is 91.9 Å². The molecule has 0 unspecified atom stereocenters. The molecule has 1 N–H and O–H groups in total. The lowest BCUT2D eigenvalue weighted by molar-refractivity contribution is -0.138. The molecule has 1 atom stereocenters. The van der Waals surface area contributed by atoms with Gasteiger partial charge in [-0.3, -0.25) is 9.36 Å². The largest absolute Gasteiger partial charge is 0.497 e. The summed E-state index contributed by atoms with van der Waals surface area (Å²) in [5.41, 5.74) is 4.98. The Labute approximate surface area is 234 Å². The van der Waals surface area contributed by atoms with Crippen molar-refractivity contribution in [3.05, 3.63) is 127 Å². The van der Waals surface area contributed by atoms with Gasteiger partial charge in [-0.05, 0) is 43.7 Å². The molecule has 0 bridgehead atoms. The van der Waals surface area contributed by atoms with Gasteiger partial charge in [0.25, 0.3) is 5.56 Å². The van der Waals surface area contributed by atoms with E-state index in [0.29, 0.717) is 26.4 Å². The van der Waals surface area contributed by atoms with Gasteiger partial charge in [0, 0.05) is 27.7 Å². The van der Waals surface area contributed by atoms with E-state index < -0.39 is 12.0 Å². The number of fused-ring (bicyclic) bond motifs is 2. The van der Waals surface area contributed by atoms with E-state index in [0.717, 1.165) is 33.3 Å². The monoisotopic (exact) mass is 549 g/mol. The smallest absolute Gasteiger partial charge is 0.338 e. The van der Waals surface area contributed by atoms with Gasteiger partial charge in [-0.1, -0.05) is 72.0 Å². The summed E-state index contributed by atoms with van der Waals surface area (Å²) in [6.07, 6.45) is 1.91. The normalized spacial score (nSPS) is 15.2. The number of carbonyl (C=O) groups excluding carboxylic acids is 1. The lowest BCUT2D eigenvalue weighted by atomic mass is 9.93. The van der Waals surface area contributed by atoms with Crippen LogP contribution in [0.5, 0.6) is 5.75 Å². The lowest BCUT2D eigenvalue weighted by Crippen LogP contribution is -2.40. The molecule has 200 valence electrons. The first-order chi connectivity index (χ1) is 19.5. The van der Waals surface area contributed by atoms with Crippen molar-refractivity contribution in [2.75, 3.05) is 13.7 Å². The van der Waals surface area contributed by atoms with Crippen molar-refractivity contribution in [2.45, 2.75) is 19.9 Å². The zero-order valence-corrected chi connectivity index (χ0v) is 23.1. The number of benzene rings is 3. The molecule has 8 heteroatoms. The molecule has 2 aromatic heterocycles. The summed E-state index contributed by atoms with van der Waals surface area (Å²) in [7, 11) is 1.59. The van der Waals surface area contributed by atoms with Crippen molar-refractivity contribution in [1.82, 2.24) is 9.55 Å². The van der Waals surface area contributed by atoms with Crippen molar-refractivity contribution >= 4 is 40.0 Å². The summed E-state index contributed by atoms with van der Waals surface area (Å²) in [4.78, 5) is 36.6. The zero-order chi connectivity index (χ0) is 27.8. The van der Waals surface area contributed by atoms with Crippen LogP contribution in [0.4, 0.5) is 0 Å². The van der Waals surface area contributed by atoms with Gasteiger partial charge in [-0.25, -0.2) is 9.79 Å². The van der Waals surface area contributed by atoms with Crippen LogP contribution in [-0.4, -0.2) is 29.2 Å². The highest BCUT2D eigenvalue weighted by molar-refractivity contribution is 7.07. The van der Waals surface area contributed by atoms with Gasteiger partial charge in [0.15, 0.2) is 4.80 Å². The van der Waals surface area contributed by atoms with Crippen LogP contribution in [0, 0.1) is 6.92 Å². The Kier molecular flexibility index (Phi) is 6.69. The van der Waals surface area contributed by atoms with Gasteiger partial charge in [0.2, 0.25) is 0 Å². The van der Waals surface area contributed by atoms with Gasteiger partial charge in [-0.2, -0.15) is 0 Å².